The number of carbonyl (C=O) groups is 1. The molecule has 8 heteroatoms. The van der Waals surface area contributed by atoms with E-state index < -0.39 is 0 Å². The van der Waals surface area contributed by atoms with Crippen molar-refractivity contribution in [2.75, 3.05) is 7.11 Å². The Morgan fingerprint density at radius 2 is 2.19 bits per heavy atom. The molecule has 2 heterocycles. The summed E-state index contributed by atoms with van der Waals surface area (Å²) in [6.07, 6.45) is 4.88. The zero-order chi connectivity index (χ0) is 19.4. The summed E-state index contributed by atoms with van der Waals surface area (Å²) in [5, 5.41) is 6.96. The molecule has 2 aromatic heterocycles. The Balaban J connectivity index is 1.60. The molecule has 0 saturated carbocycles. The van der Waals surface area contributed by atoms with Crippen molar-refractivity contribution >= 4 is 5.91 Å². The number of oxazole rings is 1. The van der Waals surface area contributed by atoms with Crippen LogP contribution in [0.1, 0.15) is 40.5 Å². The fourth-order valence-electron chi connectivity index (χ4n) is 2.53. The Hall–Kier alpha value is -3.29. The normalized spacial score (nSPS) is 11.9. The van der Waals surface area contributed by atoms with Crippen LogP contribution >= 0.6 is 0 Å². The molecule has 3 rings (SSSR count). The van der Waals surface area contributed by atoms with Gasteiger partial charge in [-0.25, -0.2) is 4.98 Å². The van der Waals surface area contributed by atoms with E-state index in [1.165, 1.54) is 6.26 Å². The Morgan fingerprint density at radius 3 is 2.89 bits per heavy atom. The molecule has 1 N–H and O–H groups in total. The minimum absolute atomic E-state index is 0.0882. The molecule has 1 amide bonds. The lowest BCUT2D eigenvalue weighted by molar-refractivity contribution is 0.0934. The monoisotopic (exact) mass is 370 g/mol. The van der Waals surface area contributed by atoms with Crippen LogP contribution in [0.4, 0.5) is 0 Å². The SMILES string of the molecule is COc1cc(C)ccc1OCc1nc(C(=O)N[C@@H](C)c2cnn(C)c2)co1. The van der Waals surface area contributed by atoms with E-state index in [0.717, 1.165) is 11.1 Å². The minimum Gasteiger partial charge on any atom is -0.493 e. The van der Waals surface area contributed by atoms with Crippen molar-refractivity contribution in [1.29, 1.82) is 0 Å². The standard InChI is InChI=1S/C19H22N4O4/c1-12-5-6-16(17(7-12)25-4)26-11-18-22-15(10-27-18)19(24)21-13(2)14-8-20-23(3)9-14/h5-10,13H,11H2,1-4H3,(H,21,24)/t13-/m0/s1. The molecule has 0 bridgehead atoms. The van der Waals surface area contributed by atoms with E-state index in [-0.39, 0.29) is 24.2 Å². The molecule has 0 radical (unpaired) electrons. The van der Waals surface area contributed by atoms with Crippen LogP contribution in [0.2, 0.25) is 0 Å². The smallest absolute Gasteiger partial charge is 0.273 e. The molecule has 8 nitrogen and oxygen atoms in total. The number of hydrogen-bond donors (Lipinski definition) is 1. The number of aryl methyl sites for hydroxylation is 2. The van der Waals surface area contributed by atoms with Crippen molar-refractivity contribution in [1.82, 2.24) is 20.1 Å². The van der Waals surface area contributed by atoms with Crippen molar-refractivity contribution in [3.05, 3.63) is 59.6 Å². The van der Waals surface area contributed by atoms with Gasteiger partial charge in [-0.15, -0.1) is 0 Å². The number of carbonyl (C=O) groups excluding carboxylic acids is 1. The molecular weight excluding hydrogens is 348 g/mol. The van der Waals surface area contributed by atoms with Gasteiger partial charge < -0.3 is 19.2 Å². The minimum atomic E-state index is -0.325. The van der Waals surface area contributed by atoms with Gasteiger partial charge in [-0.05, 0) is 31.5 Å². The number of nitrogens with zero attached hydrogens (tertiary/aromatic N) is 3. The van der Waals surface area contributed by atoms with Gasteiger partial charge in [0.05, 0.1) is 19.3 Å². The number of amides is 1. The second kappa shape index (κ2) is 7.94. The highest BCUT2D eigenvalue weighted by Crippen LogP contribution is 2.28. The van der Waals surface area contributed by atoms with Crippen molar-refractivity contribution in [2.24, 2.45) is 7.05 Å². The van der Waals surface area contributed by atoms with Gasteiger partial charge in [0.15, 0.2) is 23.8 Å². The van der Waals surface area contributed by atoms with Crippen molar-refractivity contribution in [2.45, 2.75) is 26.5 Å². The average molecular weight is 370 g/mol. The number of methoxy groups -OCH3 is 1. The highest BCUT2D eigenvalue weighted by atomic mass is 16.5. The number of aromatic nitrogens is 3. The van der Waals surface area contributed by atoms with Gasteiger partial charge in [-0.3, -0.25) is 9.48 Å². The van der Waals surface area contributed by atoms with Crippen molar-refractivity contribution in [3.8, 4) is 11.5 Å². The molecule has 27 heavy (non-hydrogen) atoms. The second-order valence-corrected chi connectivity index (χ2v) is 6.21. The van der Waals surface area contributed by atoms with Crippen molar-refractivity contribution < 1.29 is 18.7 Å². The average Bonchev–Trinajstić information content (AvgIpc) is 3.29. The fourth-order valence-corrected chi connectivity index (χ4v) is 2.53. The van der Waals surface area contributed by atoms with Gasteiger partial charge in [0.2, 0.25) is 5.89 Å². The molecule has 1 aromatic carbocycles. The van der Waals surface area contributed by atoms with Crippen LogP contribution in [-0.4, -0.2) is 27.8 Å². The third-order valence-electron chi connectivity index (χ3n) is 4.03. The van der Waals surface area contributed by atoms with Crippen LogP contribution in [0.25, 0.3) is 0 Å². The molecule has 0 aliphatic carbocycles. The van der Waals surface area contributed by atoms with E-state index in [4.69, 9.17) is 13.9 Å². The number of nitrogens with one attached hydrogen (secondary N) is 1. The van der Waals surface area contributed by atoms with Gasteiger partial charge in [0, 0.05) is 18.8 Å². The fraction of sp³-hybridized carbons (Fsp3) is 0.316. The van der Waals surface area contributed by atoms with Gasteiger partial charge >= 0.3 is 0 Å². The maximum absolute atomic E-state index is 12.3. The summed E-state index contributed by atoms with van der Waals surface area (Å²) in [7, 11) is 3.41. The topological polar surface area (TPSA) is 91.4 Å². The van der Waals surface area contributed by atoms with Crippen molar-refractivity contribution in [3.63, 3.8) is 0 Å². The van der Waals surface area contributed by atoms with Crippen LogP contribution in [0.15, 0.2) is 41.3 Å². The lowest BCUT2D eigenvalue weighted by Gasteiger charge is -2.10. The van der Waals surface area contributed by atoms with Crippen LogP contribution in [0.3, 0.4) is 0 Å². The Bertz CT molecular complexity index is 931. The largest absolute Gasteiger partial charge is 0.493 e. The molecule has 3 aromatic rings. The van der Waals surface area contributed by atoms with Crippen LogP contribution in [0, 0.1) is 6.92 Å². The third kappa shape index (κ3) is 4.46. The molecule has 0 saturated heterocycles. The van der Waals surface area contributed by atoms with E-state index in [2.05, 4.69) is 15.4 Å². The van der Waals surface area contributed by atoms with E-state index in [1.807, 2.05) is 45.3 Å². The second-order valence-electron chi connectivity index (χ2n) is 6.21. The first-order chi connectivity index (χ1) is 13.0. The number of benzene rings is 1. The predicted octanol–water partition coefficient (Wildman–Crippen LogP) is 2.80. The molecule has 0 unspecified atom stereocenters. The van der Waals surface area contributed by atoms with E-state index in [1.54, 1.807) is 18.0 Å². The van der Waals surface area contributed by atoms with Crippen LogP contribution < -0.4 is 14.8 Å². The first-order valence-electron chi connectivity index (χ1n) is 8.47. The number of hydrogen-bond acceptors (Lipinski definition) is 6. The predicted molar refractivity (Wildman–Crippen MR) is 97.7 cm³/mol. The summed E-state index contributed by atoms with van der Waals surface area (Å²) in [5.41, 5.74) is 2.17. The summed E-state index contributed by atoms with van der Waals surface area (Å²) < 4.78 is 18.0. The summed E-state index contributed by atoms with van der Waals surface area (Å²) in [4.78, 5) is 16.5. The van der Waals surface area contributed by atoms with Gasteiger partial charge in [-0.1, -0.05) is 6.07 Å². The first-order valence-corrected chi connectivity index (χ1v) is 8.47. The maximum atomic E-state index is 12.3. The summed E-state index contributed by atoms with van der Waals surface area (Å²) in [5.74, 6) is 1.19. The highest BCUT2D eigenvalue weighted by molar-refractivity contribution is 5.92. The Kier molecular flexibility index (Phi) is 5.44. The highest BCUT2D eigenvalue weighted by Gasteiger charge is 2.17. The van der Waals surface area contributed by atoms with Gasteiger partial charge in [0.25, 0.3) is 5.91 Å². The molecule has 0 spiro atoms. The zero-order valence-electron chi connectivity index (χ0n) is 15.7. The maximum Gasteiger partial charge on any atom is 0.273 e. The summed E-state index contributed by atoms with van der Waals surface area (Å²) in [6, 6.07) is 5.43. The molecule has 142 valence electrons. The lowest BCUT2D eigenvalue weighted by atomic mass is 10.2. The van der Waals surface area contributed by atoms with E-state index in [9.17, 15) is 4.79 Å². The Morgan fingerprint density at radius 1 is 1.37 bits per heavy atom. The third-order valence-corrected chi connectivity index (χ3v) is 4.03. The van der Waals surface area contributed by atoms with Gasteiger partial charge in [0.1, 0.15) is 6.26 Å². The zero-order valence-corrected chi connectivity index (χ0v) is 15.7. The number of ether oxygens (including phenoxy) is 2. The Labute approximate surface area is 157 Å². The molecule has 0 fully saturated rings. The van der Waals surface area contributed by atoms with E-state index in [0.29, 0.717) is 17.4 Å². The van der Waals surface area contributed by atoms with Crippen LogP contribution in [-0.2, 0) is 13.7 Å². The lowest BCUT2D eigenvalue weighted by Crippen LogP contribution is -2.26. The summed E-state index contributed by atoms with van der Waals surface area (Å²) in [6.45, 7) is 3.94. The summed E-state index contributed by atoms with van der Waals surface area (Å²) >= 11 is 0. The molecule has 0 aliphatic heterocycles. The molecular formula is C19H22N4O4. The quantitative estimate of drug-likeness (QED) is 0.688. The first kappa shape index (κ1) is 18.5. The number of rotatable bonds is 7. The molecule has 0 aliphatic rings. The van der Waals surface area contributed by atoms with Crippen LogP contribution in [0.5, 0.6) is 11.5 Å². The van der Waals surface area contributed by atoms with E-state index >= 15 is 0 Å². The van der Waals surface area contributed by atoms with Gasteiger partial charge in [-0.2, -0.15) is 5.10 Å². The molecule has 1 atom stereocenters.